The van der Waals surface area contributed by atoms with E-state index in [1.54, 1.807) is 0 Å². The Balaban J connectivity index is 1.69. The number of likely N-dealkylation sites (tertiary alicyclic amines) is 1. The second-order valence-corrected chi connectivity index (χ2v) is 6.46. The monoisotopic (exact) mass is 304 g/mol. The molecule has 1 aromatic rings. The van der Waals surface area contributed by atoms with Gasteiger partial charge in [-0.3, -0.25) is 4.79 Å². The molecule has 0 bridgehead atoms. The van der Waals surface area contributed by atoms with Crippen molar-refractivity contribution in [3.05, 3.63) is 29.3 Å². The molecule has 1 saturated heterocycles. The second kappa shape index (κ2) is 7.63. The van der Waals surface area contributed by atoms with Gasteiger partial charge >= 0.3 is 0 Å². The highest BCUT2D eigenvalue weighted by Crippen LogP contribution is 2.18. The van der Waals surface area contributed by atoms with Crippen LogP contribution in [0.4, 0.5) is 0 Å². The van der Waals surface area contributed by atoms with Gasteiger partial charge < -0.3 is 14.5 Å². The molecule has 1 aliphatic rings. The van der Waals surface area contributed by atoms with Crippen molar-refractivity contribution in [2.75, 3.05) is 40.3 Å². The zero-order valence-corrected chi connectivity index (χ0v) is 14.3. The summed E-state index contributed by atoms with van der Waals surface area (Å²) in [6, 6.07) is 6.15. The number of hydrogen-bond donors (Lipinski definition) is 0. The van der Waals surface area contributed by atoms with E-state index < -0.39 is 0 Å². The molecule has 0 unspecified atom stereocenters. The minimum atomic E-state index is 0.177. The lowest BCUT2D eigenvalue weighted by Gasteiger charge is -2.21. The molecule has 1 aliphatic heterocycles. The Morgan fingerprint density at radius 3 is 2.77 bits per heavy atom. The molecule has 4 nitrogen and oxygen atoms in total. The number of ether oxygens (including phenoxy) is 1. The summed E-state index contributed by atoms with van der Waals surface area (Å²) in [5.41, 5.74) is 2.52. The summed E-state index contributed by atoms with van der Waals surface area (Å²) < 4.78 is 5.77. The van der Waals surface area contributed by atoms with E-state index in [9.17, 15) is 4.79 Å². The van der Waals surface area contributed by atoms with E-state index in [1.165, 1.54) is 11.1 Å². The number of hydrogen-bond acceptors (Lipinski definition) is 3. The third kappa shape index (κ3) is 4.47. The Labute approximate surface area is 134 Å². The van der Waals surface area contributed by atoms with Crippen LogP contribution in [0, 0.1) is 19.8 Å². The maximum absolute atomic E-state index is 12.3. The van der Waals surface area contributed by atoms with E-state index in [1.807, 2.05) is 18.0 Å². The smallest absolute Gasteiger partial charge is 0.226 e. The summed E-state index contributed by atoms with van der Waals surface area (Å²) in [6.45, 7) is 7.50. The first-order chi connectivity index (χ1) is 10.5. The standard InChI is InChI=1S/C18H28N2O2/c1-14-6-7-17(12-15(14)2)22-11-5-9-20(4)18(21)16-8-10-19(3)13-16/h6-7,12,16H,5,8-11,13H2,1-4H3/t16-/m1/s1. The van der Waals surface area contributed by atoms with Crippen LogP contribution >= 0.6 is 0 Å². The number of carbonyl (C=O) groups excluding carboxylic acids is 1. The number of nitrogens with zero attached hydrogens (tertiary/aromatic N) is 2. The Morgan fingerprint density at radius 1 is 1.36 bits per heavy atom. The fourth-order valence-electron chi connectivity index (χ4n) is 2.85. The van der Waals surface area contributed by atoms with E-state index >= 15 is 0 Å². The van der Waals surface area contributed by atoms with Crippen LogP contribution in [0.1, 0.15) is 24.0 Å². The SMILES string of the molecule is Cc1ccc(OCCCN(C)C(=O)[C@@H]2CCN(C)C2)cc1C. The molecular formula is C18H28N2O2. The number of carbonyl (C=O) groups is 1. The maximum Gasteiger partial charge on any atom is 0.226 e. The van der Waals surface area contributed by atoms with Crippen LogP contribution in [-0.2, 0) is 4.79 Å². The first-order valence-electron chi connectivity index (χ1n) is 8.11. The van der Waals surface area contributed by atoms with Crippen LogP contribution in [0.3, 0.4) is 0 Å². The first kappa shape index (κ1) is 16.8. The molecule has 1 aromatic carbocycles. The van der Waals surface area contributed by atoms with Gasteiger partial charge in [0, 0.05) is 20.1 Å². The Hall–Kier alpha value is -1.55. The maximum atomic E-state index is 12.3. The highest BCUT2D eigenvalue weighted by atomic mass is 16.5. The van der Waals surface area contributed by atoms with E-state index in [4.69, 9.17) is 4.74 Å². The summed E-state index contributed by atoms with van der Waals surface area (Å²) in [6.07, 6.45) is 1.84. The van der Waals surface area contributed by atoms with Gasteiger partial charge in [-0.1, -0.05) is 6.07 Å². The Kier molecular flexibility index (Phi) is 5.83. The average molecular weight is 304 g/mol. The molecule has 0 N–H and O–H groups in total. The molecule has 1 heterocycles. The lowest BCUT2D eigenvalue weighted by Crippen LogP contribution is -2.35. The van der Waals surface area contributed by atoms with E-state index in [-0.39, 0.29) is 11.8 Å². The number of rotatable bonds is 6. The third-order valence-corrected chi connectivity index (χ3v) is 4.50. The molecule has 1 amide bonds. The summed E-state index contributed by atoms with van der Waals surface area (Å²) >= 11 is 0. The zero-order chi connectivity index (χ0) is 16.1. The average Bonchev–Trinajstić information content (AvgIpc) is 2.92. The molecule has 1 atom stereocenters. The fourth-order valence-corrected chi connectivity index (χ4v) is 2.85. The molecular weight excluding hydrogens is 276 g/mol. The summed E-state index contributed by atoms with van der Waals surface area (Å²) in [7, 11) is 3.97. The predicted octanol–water partition coefficient (Wildman–Crippen LogP) is 2.48. The lowest BCUT2D eigenvalue weighted by atomic mass is 10.1. The van der Waals surface area contributed by atoms with Crippen molar-refractivity contribution >= 4 is 5.91 Å². The van der Waals surface area contributed by atoms with Gasteiger partial charge in [0.1, 0.15) is 5.75 Å². The molecule has 2 rings (SSSR count). The quantitative estimate of drug-likeness (QED) is 0.757. The summed E-state index contributed by atoms with van der Waals surface area (Å²) in [5, 5.41) is 0. The van der Waals surface area contributed by atoms with Crippen LogP contribution in [-0.4, -0.2) is 56.0 Å². The van der Waals surface area contributed by atoms with Crippen molar-refractivity contribution in [2.24, 2.45) is 5.92 Å². The van der Waals surface area contributed by atoms with Gasteiger partial charge in [-0.15, -0.1) is 0 Å². The molecule has 0 aliphatic carbocycles. The molecule has 0 spiro atoms. The molecule has 0 aromatic heterocycles. The van der Waals surface area contributed by atoms with Gasteiger partial charge in [-0.05, 0) is 63.5 Å². The first-order valence-corrected chi connectivity index (χ1v) is 8.11. The van der Waals surface area contributed by atoms with Crippen molar-refractivity contribution < 1.29 is 9.53 Å². The third-order valence-electron chi connectivity index (χ3n) is 4.50. The second-order valence-electron chi connectivity index (χ2n) is 6.46. The summed E-state index contributed by atoms with van der Waals surface area (Å²) in [4.78, 5) is 16.4. The largest absolute Gasteiger partial charge is 0.494 e. The van der Waals surface area contributed by atoms with Gasteiger partial charge in [0.15, 0.2) is 0 Å². The van der Waals surface area contributed by atoms with Gasteiger partial charge in [0.2, 0.25) is 5.91 Å². The van der Waals surface area contributed by atoms with Gasteiger partial charge in [-0.25, -0.2) is 0 Å². The molecule has 122 valence electrons. The minimum absolute atomic E-state index is 0.177. The molecule has 22 heavy (non-hydrogen) atoms. The summed E-state index contributed by atoms with van der Waals surface area (Å²) in [5.74, 6) is 1.36. The normalized spacial score (nSPS) is 18.5. The predicted molar refractivity (Wildman–Crippen MR) is 89.3 cm³/mol. The van der Waals surface area contributed by atoms with Crippen molar-refractivity contribution in [3.63, 3.8) is 0 Å². The highest BCUT2D eigenvalue weighted by Gasteiger charge is 2.28. The molecule has 1 fully saturated rings. The van der Waals surface area contributed by atoms with Crippen LogP contribution in [0.2, 0.25) is 0 Å². The number of benzene rings is 1. The van der Waals surface area contributed by atoms with E-state index in [0.29, 0.717) is 6.61 Å². The van der Waals surface area contributed by atoms with Crippen LogP contribution in [0.5, 0.6) is 5.75 Å². The van der Waals surface area contributed by atoms with Gasteiger partial charge in [-0.2, -0.15) is 0 Å². The number of aryl methyl sites for hydroxylation is 2. The van der Waals surface area contributed by atoms with Crippen LogP contribution < -0.4 is 4.74 Å². The molecule has 0 radical (unpaired) electrons. The van der Waals surface area contributed by atoms with Crippen LogP contribution in [0.15, 0.2) is 18.2 Å². The zero-order valence-electron chi connectivity index (χ0n) is 14.3. The van der Waals surface area contributed by atoms with Crippen LogP contribution in [0.25, 0.3) is 0 Å². The fraction of sp³-hybridized carbons (Fsp3) is 0.611. The van der Waals surface area contributed by atoms with Gasteiger partial charge in [0.25, 0.3) is 0 Å². The molecule has 4 heteroatoms. The minimum Gasteiger partial charge on any atom is -0.494 e. The topological polar surface area (TPSA) is 32.8 Å². The Morgan fingerprint density at radius 2 is 2.14 bits per heavy atom. The van der Waals surface area contributed by atoms with Gasteiger partial charge in [0.05, 0.1) is 12.5 Å². The van der Waals surface area contributed by atoms with Crippen molar-refractivity contribution in [1.29, 1.82) is 0 Å². The van der Waals surface area contributed by atoms with Crippen molar-refractivity contribution in [3.8, 4) is 5.75 Å². The Bertz CT molecular complexity index is 516. The lowest BCUT2D eigenvalue weighted by molar-refractivity contribution is -0.133. The van der Waals surface area contributed by atoms with Crippen molar-refractivity contribution in [1.82, 2.24) is 9.80 Å². The van der Waals surface area contributed by atoms with Crippen molar-refractivity contribution in [2.45, 2.75) is 26.7 Å². The number of amides is 1. The van der Waals surface area contributed by atoms with E-state index in [2.05, 4.69) is 37.9 Å². The highest BCUT2D eigenvalue weighted by molar-refractivity contribution is 5.79. The molecule has 0 saturated carbocycles. The van der Waals surface area contributed by atoms with E-state index in [0.717, 1.165) is 38.2 Å².